The second-order valence-corrected chi connectivity index (χ2v) is 7.36. The number of benzene rings is 1. The van der Waals surface area contributed by atoms with Gasteiger partial charge in [0.25, 0.3) is 5.56 Å². The standard InChI is InChI=1S/C20H13F4N5O2/c21-16-8-25-17-13(6-15(28-29(16)17)14-7-26-19(31)27-18(14)30)12-5-11(12)9-1-3-10(4-2-9)20(22,23)24/h1-4,6-8,11-12H,5H2,(H2,26,27,30,31)/t11-,12+/m1/s1. The van der Waals surface area contributed by atoms with E-state index < -0.39 is 28.9 Å². The van der Waals surface area contributed by atoms with Crippen molar-refractivity contribution in [3.05, 3.63) is 86.2 Å². The predicted octanol–water partition coefficient (Wildman–Crippen LogP) is 3.20. The van der Waals surface area contributed by atoms with Crippen molar-refractivity contribution in [3.63, 3.8) is 0 Å². The molecule has 31 heavy (non-hydrogen) atoms. The van der Waals surface area contributed by atoms with Crippen LogP contribution in [0.15, 0.2) is 52.3 Å². The average Bonchev–Trinajstić information content (AvgIpc) is 3.43. The Labute approximate surface area is 170 Å². The second-order valence-electron chi connectivity index (χ2n) is 7.36. The largest absolute Gasteiger partial charge is 0.416 e. The number of nitrogens with one attached hydrogen (secondary N) is 2. The lowest BCUT2D eigenvalue weighted by molar-refractivity contribution is -0.137. The number of fused-ring (bicyclic) bond motifs is 1. The Bertz CT molecular complexity index is 1420. The quantitative estimate of drug-likeness (QED) is 0.487. The Morgan fingerprint density at radius 2 is 1.84 bits per heavy atom. The van der Waals surface area contributed by atoms with Gasteiger partial charge in [0.05, 0.1) is 23.0 Å². The molecule has 5 rings (SSSR count). The summed E-state index contributed by atoms with van der Waals surface area (Å²) in [6.45, 7) is 0. The first-order valence-corrected chi connectivity index (χ1v) is 9.26. The first-order chi connectivity index (χ1) is 14.7. The summed E-state index contributed by atoms with van der Waals surface area (Å²) in [7, 11) is 0. The molecule has 3 heterocycles. The molecule has 0 saturated heterocycles. The first kappa shape index (κ1) is 19.2. The molecule has 11 heteroatoms. The Balaban J connectivity index is 1.56. The highest BCUT2D eigenvalue weighted by Gasteiger charge is 2.42. The molecule has 158 valence electrons. The van der Waals surface area contributed by atoms with Gasteiger partial charge in [0.1, 0.15) is 0 Å². The van der Waals surface area contributed by atoms with Gasteiger partial charge < -0.3 is 4.98 Å². The molecule has 0 radical (unpaired) electrons. The minimum absolute atomic E-state index is 0.0441. The van der Waals surface area contributed by atoms with E-state index in [0.29, 0.717) is 12.0 Å². The predicted molar refractivity (Wildman–Crippen MR) is 101 cm³/mol. The van der Waals surface area contributed by atoms with Gasteiger partial charge in [-0.15, -0.1) is 0 Å². The van der Waals surface area contributed by atoms with Gasteiger partial charge in [0.2, 0.25) is 5.95 Å². The minimum atomic E-state index is -4.41. The molecule has 0 bridgehead atoms. The molecule has 1 saturated carbocycles. The van der Waals surface area contributed by atoms with Crippen LogP contribution in [0.5, 0.6) is 0 Å². The summed E-state index contributed by atoms with van der Waals surface area (Å²) in [4.78, 5) is 32.0. The van der Waals surface area contributed by atoms with Crippen molar-refractivity contribution in [2.24, 2.45) is 0 Å². The van der Waals surface area contributed by atoms with Crippen LogP contribution in [0, 0.1) is 5.95 Å². The van der Waals surface area contributed by atoms with E-state index in [4.69, 9.17) is 0 Å². The monoisotopic (exact) mass is 431 g/mol. The lowest BCUT2D eigenvalue weighted by Gasteiger charge is -2.09. The van der Waals surface area contributed by atoms with E-state index in [0.717, 1.165) is 28.4 Å². The first-order valence-electron chi connectivity index (χ1n) is 9.26. The fourth-order valence-electron chi connectivity index (χ4n) is 3.80. The maximum atomic E-state index is 14.2. The molecule has 0 spiro atoms. The second kappa shape index (κ2) is 6.62. The van der Waals surface area contributed by atoms with Crippen LogP contribution in [0.2, 0.25) is 0 Å². The highest BCUT2D eigenvalue weighted by Crippen LogP contribution is 2.55. The molecule has 3 aromatic heterocycles. The van der Waals surface area contributed by atoms with Gasteiger partial charge in [0, 0.05) is 11.8 Å². The van der Waals surface area contributed by atoms with Gasteiger partial charge in [0.15, 0.2) is 5.65 Å². The van der Waals surface area contributed by atoms with E-state index in [-0.39, 0.29) is 28.7 Å². The third-order valence-electron chi connectivity index (χ3n) is 5.41. The van der Waals surface area contributed by atoms with Crippen molar-refractivity contribution >= 4 is 5.65 Å². The van der Waals surface area contributed by atoms with Gasteiger partial charge in [-0.1, -0.05) is 12.1 Å². The Kier molecular flexibility index (Phi) is 4.11. The van der Waals surface area contributed by atoms with E-state index in [9.17, 15) is 27.2 Å². The van der Waals surface area contributed by atoms with Gasteiger partial charge >= 0.3 is 11.9 Å². The van der Waals surface area contributed by atoms with E-state index in [1.807, 2.05) is 0 Å². The summed E-state index contributed by atoms with van der Waals surface area (Å²) >= 11 is 0. The van der Waals surface area contributed by atoms with Gasteiger partial charge in [-0.05, 0) is 42.0 Å². The Morgan fingerprint density at radius 1 is 1.10 bits per heavy atom. The van der Waals surface area contributed by atoms with Crippen molar-refractivity contribution < 1.29 is 17.6 Å². The number of aromatic amines is 2. The summed E-state index contributed by atoms with van der Waals surface area (Å²) in [5.41, 5.74) is -0.313. The molecular formula is C20H13F4N5O2. The number of rotatable bonds is 3. The van der Waals surface area contributed by atoms with E-state index in [2.05, 4.69) is 20.1 Å². The normalized spacial score (nSPS) is 18.5. The SMILES string of the molecule is O=c1[nH]cc(-c2cc([C@H]3C[C@@H]3c3ccc(C(F)(F)F)cc3)c3ncc(F)n3n2)c(=O)[nH]1. The van der Waals surface area contributed by atoms with Crippen LogP contribution < -0.4 is 11.2 Å². The van der Waals surface area contributed by atoms with Gasteiger partial charge in [-0.2, -0.15) is 27.2 Å². The van der Waals surface area contributed by atoms with Gasteiger partial charge in [-0.25, -0.2) is 9.78 Å². The minimum Gasteiger partial charge on any atom is -0.313 e. The molecule has 1 fully saturated rings. The van der Waals surface area contributed by atoms with Crippen LogP contribution in [0.4, 0.5) is 17.6 Å². The third kappa shape index (κ3) is 3.31. The number of H-pyrrole nitrogens is 2. The molecule has 0 aliphatic heterocycles. The molecule has 1 aliphatic rings. The molecule has 4 aromatic rings. The highest BCUT2D eigenvalue weighted by molar-refractivity contribution is 5.63. The Morgan fingerprint density at radius 3 is 2.52 bits per heavy atom. The van der Waals surface area contributed by atoms with E-state index >= 15 is 0 Å². The zero-order valence-corrected chi connectivity index (χ0v) is 15.6. The molecule has 2 atom stereocenters. The number of hydrogen-bond donors (Lipinski definition) is 2. The summed E-state index contributed by atoms with van der Waals surface area (Å²) in [6, 6.07) is 6.54. The molecular weight excluding hydrogens is 418 g/mol. The topological polar surface area (TPSA) is 95.9 Å². The number of halogens is 4. The van der Waals surface area contributed by atoms with Crippen molar-refractivity contribution in [1.29, 1.82) is 0 Å². The van der Waals surface area contributed by atoms with E-state index in [1.165, 1.54) is 18.3 Å². The van der Waals surface area contributed by atoms with Gasteiger partial charge in [-0.3, -0.25) is 9.78 Å². The summed E-state index contributed by atoms with van der Waals surface area (Å²) in [6.07, 6.45) is -1.60. The van der Waals surface area contributed by atoms with Crippen LogP contribution in [0.3, 0.4) is 0 Å². The zero-order chi connectivity index (χ0) is 21.9. The fourth-order valence-corrected chi connectivity index (χ4v) is 3.80. The lowest BCUT2D eigenvalue weighted by atomic mass is 10.0. The number of alkyl halides is 3. The average molecular weight is 431 g/mol. The number of imidazole rings is 1. The smallest absolute Gasteiger partial charge is 0.313 e. The summed E-state index contributed by atoms with van der Waals surface area (Å²) in [5.74, 6) is -0.940. The molecule has 1 aliphatic carbocycles. The molecule has 1 aromatic carbocycles. The van der Waals surface area contributed by atoms with Crippen molar-refractivity contribution in [2.45, 2.75) is 24.4 Å². The maximum Gasteiger partial charge on any atom is 0.416 e. The Hall–Kier alpha value is -3.76. The summed E-state index contributed by atoms with van der Waals surface area (Å²) < 4.78 is 53.6. The number of aromatic nitrogens is 5. The number of hydrogen-bond acceptors (Lipinski definition) is 4. The van der Waals surface area contributed by atoms with E-state index in [1.54, 1.807) is 6.07 Å². The van der Waals surface area contributed by atoms with Crippen molar-refractivity contribution in [3.8, 4) is 11.3 Å². The zero-order valence-electron chi connectivity index (χ0n) is 15.6. The van der Waals surface area contributed by atoms with Crippen LogP contribution in [-0.2, 0) is 6.18 Å². The molecule has 0 amide bonds. The highest BCUT2D eigenvalue weighted by atomic mass is 19.4. The maximum absolute atomic E-state index is 14.2. The fraction of sp³-hybridized carbons (Fsp3) is 0.200. The van der Waals surface area contributed by atoms with Crippen LogP contribution in [0.1, 0.15) is 34.9 Å². The molecule has 0 unspecified atom stereocenters. The van der Waals surface area contributed by atoms with Crippen LogP contribution in [0.25, 0.3) is 16.9 Å². The lowest BCUT2D eigenvalue weighted by Crippen LogP contribution is -2.23. The van der Waals surface area contributed by atoms with Crippen LogP contribution >= 0.6 is 0 Å². The molecule has 2 N–H and O–H groups in total. The van der Waals surface area contributed by atoms with Crippen molar-refractivity contribution in [2.75, 3.05) is 0 Å². The van der Waals surface area contributed by atoms with Crippen LogP contribution in [-0.4, -0.2) is 24.6 Å². The number of nitrogens with zero attached hydrogens (tertiary/aromatic N) is 3. The molecule has 7 nitrogen and oxygen atoms in total. The summed E-state index contributed by atoms with van der Waals surface area (Å²) in [5, 5.41) is 4.11. The third-order valence-corrected chi connectivity index (χ3v) is 5.41. The van der Waals surface area contributed by atoms with Crippen molar-refractivity contribution in [1.82, 2.24) is 24.6 Å².